The lowest BCUT2D eigenvalue weighted by molar-refractivity contribution is 0.0940. The van der Waals surface area contributed by atoms with Gasteiger partial charge in [0.15, 0.2) is 0 Å². The number of carbonyl (C=O) groups excluding carboxylic acids is 1. The van der Waals surface area contributed by atoms with Gasteiger partial charge in [0, 0.05) is 6.04 Å². The number of aromatic nitrogens is 1. The zero-order chi connectivity index (χ0) is 24.3. The number of para-hydroxylation sites is 1. The summed E-state index contributed by atoms with van der Waals surface area (Å²) in [6.07, 6.45) is 0.756. The number of hydrogen-bond donors (Lipinski definition) is 2. The normalized spacial score (nSPS) is 12.4. The van der Waals surface area contributed by atoms with Crippen LogP contribution in [0.25, 0.3) is 10.2 Å². The molecule has 1 unspecified atom stereocenters. The minimum atomic E-state index is -3.99. The van der Waals surface area contributed by atoms with E-state index in [0.29, 0.717) is 16.8 Å². The molecule has 34 heavy (non-hydrogen) atoms. The Hall–Kier alpha value is -3.43. The molecule has 0 bridgehead atoms. The fraction of sp³-hybridized carbons (Fsp3) is 0.200. The van der Waals surface area contributed by atoms with Gasteiger partial charge < -0.3 is 5.32 Å². The molecule has 0 saturated carbocycles. The summed E-state index contributed by atoms with van der Waals surface area (Å²) in [5.74, 6) is -0.348. The van der Waals surface area contributed by atoms with Crippen LogP contribution in [0.15, 0.2) is 82.5 Å². The number of fused-ring (bicyclic) bond motifs is 1. The predicted molar refractivity (Wildman–Crippen MR) is 136 cm³/mol. The molecule has 1 amide bonds. The standard InChI is InChI=1S/C25H25N3O4S2/c1-3-17(2)26-24(29)20-11-7-8-12-21(20)27-34(31,32)19-13-14-22-23(15-19)33-25(30)28(22)16-18-9-5-4-6-10-18/h4-15,17,27H,3,16H2,1-2H3,(H,26,29). The van der Waals surface area contributed by atoms with Crippen molar-refractivity contribution in [2.75, 3.05) is 4.72 Å². The van der Waals surface area contributed by atoms with Gasteiger partial charge in [-0.25, -0.2) is 8.42 Å². The van der Waals surface area contributed by atoms with Crippen molar-refractivity contribution in [1.29, 1.82) is 0 Å². The van der Waals surface area contributed by atoms with E-state index < -0.39 is 10.0 Å². The van der Waals surface area contributed by atoms with Crippen LogP contribution in [-0.2, 0) is 16.6 Å². The average Bonchev–Trinajstić information content (AvgIpc) is 3.13. The van der Waals surface area contributed by atoms with E-state index in [1.165, 1.54) is 12.1 Å². The van der Waals surface area contributed by atoms with E-state index in [2.05, 4.69) is 10.0 Å². The molecule has 1 heterocycles. The molecule has 0 spiro atoms. The lowest BCUT2D eigenvalue weighted by Gasteiger charge is -2.15. The van der Waals surface area contributed by atoms with Crippen molar-refractivity contribution in [3.8, 4) is 0 Å². The topological polar surface area (TPSA) is 97.3 Å². The first-order valence-corrected chi connectivity index (χ1v) is 13.2. The van der Waals surface area contributed by atoms with Crippen LogP contribution >= 0.6 is 11.3 Å². The monoisotopic (exact) mass is 495 g/mol. The molecule has 1 aromatic heterocycles. The minimum absolute atomic E-state index is 0.0187. The molecule has 0 aliphatic rings. The second kappa shape index (κ2) is 9.82. The lowest BCUT2D eigenvalue weighted by Crippen LogP contribution is -2.32. The van der Waals surface area contributed by atoms with Gasteiger partial charge in [0.1, 0.15) is 0 Å². The largest absolute Gasteiger partial charge is 0.350 e. The number of nitrogens with one attached hydrogen (secondary N) is 2. The number of hydrogen-bond acceptors (Lipinski definition) is 5. The molecule has 4 rings (SSSR count). The molecular formula is C25H25N3O4S2. The van der Waals surface area contributed by atoms with Crippen molar-refractivity contribution >= 4 is 43.2 Å². The molecule has 4 aromatic rings. The zero-order valence-electron chi connectivity index (χ0n) is 18.8. The quantitative estimate of drug-likeness (QED) is 0.378. The van der Waals surface area contributed by atoms with Crippen LogP contribution in [0.5, 0.6) is 0 Å². The van der Waals surface area contributed by atoms with Gasteiger partial charge in [-0.1, -0.05) is 60.7 Å². The first kappa shape index (κ1) is 23.7. The molecule has 3 aromatic carbocycles. The Morgan fingerprint density at radius 2 is 1.74 bits per heavy atom. The van der Waals surface area contributed by atoms with Gasteiger partial charge in [-0.2, -0.15) is 0 Å². The van der Waals surface area contributed by atoms with Gasteiger partial charge in [0.05, 0.1) is 32.9 Å². The van der Waals surface area contributed by atoms with Crippen molar-refractivity contribution < 1.29 is 13.2 Å². The van der Waals surface area contributed by atoms with Gasteiger partial charge in [-0.15, -0.1) is 0 Å². The second-order valence-corrected chi connectivity index (χ2v) is 10.7. The van der Waals surface area contributed by atoms with Crippen molar-refractivity contribution in [3.05, 3.63) is 93.6 Å². The summed E-state index contributed by atoms with van der Waals surface area (Å²) >= 11 is 1.00. The number of rotatable bonds is 8. The summed E-state index contributed by atoms with van der Waals surface area (Å²) in [4.78, 5) is 25.1. The van der Waals surface area contributed by atoms with E-state index >= 15 is 0 Å². The Bertz CT molecular complexity index is 1490. The van der Waals surface area contributed by atoms with E-state index in [9.17, 15) is 18.0 Å². The van der Waals surface area contributed by atoms with Crippen molar-refractivity contribution in [2.45, 2.75) is 37.8 Å². The van der Waals surface area contributed by atoms with Crippen LogP contribution < -0.4 is 14.9 Å². The molecular weight excluding hydrogens is 470 g/mol. The second-order valence-electron chi connectivity index (χ2n) is 8.00. The summed E-state index contributed by atoms with van der Waals surface area (Å²) in [5.41, 5.74) is 2.09. The highest BCUT2D eigenvalue weighted by Crippen LogP contribution is 2.25. The maximum Gasteiger partial charge on any atom is 0.308 e. The van der Waals surface area contributed by atoms with Gasteiger partial charge in [0.2, 0.25) is 0 Å². The molecule has 7 nitrogen and oxygen atoms in total. The van der Waals surface area contributed by atoms with E-state index in [1.54, 1.807) is 34.9 Å². The van der Waals surface area contributed by atoms with E-state index in [0.717, 1.165) is 23.3 Å². The molecule has 1 atom stereocenters. The Kier molecular flexibility index (Phi) is 6.85. The highest BCUT2D eigenvalue weighted by Gasteiger charge is 2.21. The number of nitrogens with zero attached hydrogens (tertiary/aromatic N) is 1. The molecule has 0 radical (unpaired) electrons. The number of amides is 1. The first-order chi connectivity index (χ1) is 16.3. The van der Waals surface area contributed by atoms with Crippen LogP contribution in [0.1, 0.15) is 36.2 Å². The summed E-state index contributed by atoms with van der Waals surface area (Å²) in [6, 6.07) is 20.7. The molecule has 0 fully saturated rings. The van der Waals surface area contributed by atoms with Gasteiger partial charge in [-0.3, -0.25) is 18.9 Å². The van der Waals surface area contributed by atoms with Crippen LogP contribution in [0.4, 0.5) is 5.69 Å². The molecule has 0 aliphatic carbocycles. The summed E-state index contributed by atoms with van der Waals surface area (Å²) in [7, 11) is -3.99. The SMILES string of the molecule is CCC(C)NC(=O)c1ccccc1NS(=O)(=O)c1ccc2c(c1)sc(=O)n2Cc1ccccc1. The van der Waals surface area contributed by atoms with Gasteiger partial charge in [-0.05, 0) is 49.2 Å². The number of anilines is 1. The Morgan fingerprint density at radius 1 is 1.03 bits per heavy atom. The molecule has 0 saturated heterocycles. The fourth-order valence-electron chi connectivity index (χ4n) is 3.51. The van der Waals surface area contributed by atoms with Crippen molar-refractivity contribution in [1.82, 2.24) is 9.88 Å². The van der Waals surface area contributed by atoms with E-state index in [1.807, 2.05) is 44.2 Å². The summed E-state index contributed by atoms with van der Waals surface area (Å²) in [5, 5.41) is 2.86. The highest BCUT2D eigenvalue weighted by molar-refractivity contribution is 7.92. The molecule has 9 heteroatoms. The van der Waals surface area contributed by atoms with Crippen LogP contribution in [0, 0.1) is 0 Å². The maximum atomic E-state index is 13.2. The third-order valence-corrected chi connectivity index (χ3v) is 7.84. The number of thiazole rings is 1. The third kappa shape index (κ3) is 5.05. The molecule has 0 aliphatic heterocycles. The fourth-order valence-corrected chi connectivity index (χ4v) is 5.62. The van der Waals surface area contributed by atoms with Crippen LogP contribution in [0.2, 0.25) is 0 Å². The number of sulfonamides is 1. The molecule has 2 N–H and O–H groups in total. The predicted octanol–water partition coefficient (Wildman–Crippen LogP) is 4.44. The summed E-state index contributed by atoms with van der Waals surface area (Å²) < 4.78 is 31.1. The van der Waals surface area contributed by atoms with E-state index in [-0.39, 0.29) is 33.0 Å². The molecule has 176 valence electrons. The Balaban J connectivity index is 1.64. The number of carbonyl (C=O) groups is 1. The van der Waals surface area contributed by atoms with Gasteiger partial charge in [0.25, 0.3) is 15.9 Å². The average molecular weight is 496 g/mol. The third-order valence-electron chi connectivity index (χ3n) is 5.54. The number of benzene rings is 3. The first-order valence-electron chi connectivity index (χ1n) is 10.9. The highest BCUT2D eigenvalue weighted by atomic mass is 32.2. The Labute approximate surface area is 202 Å². The van der Waals surface area contributed by atoms with Crippen LogP contribution in [-0.4, -0.2) is 24.9 Å². The summed E-state index contributed by atoms with van der Waals surface area (Å²) in [6.45, 7) is 4.25. The maximum absolute atomic E-state index is 13.2. The smallest absolute Gasteiger partial charge is 0.308 e. The van der Waals surface area contributed by atoms with E-state index in [4.69, 9.17) is 0 Å². The van der Waals surface area contributed by atoms with Crippen molar-refractivity contribution in [2.24, 2.45) is 0 Å². The van der Waals surface area contributed by atoms with Crippen molar-refractivity contribution in [3.63, 3.8) is 0 Å². The van der Waals surface area contributed by atoms with Gasteiger partial charge >= 0.3 is 4.87 Å². The lowest BCUT2D eigenvalue weighted by atomic mass is 10.1. The zero-order valence-corrected chi connectivity index (χ0v) is 20.4. The minimum Gasteiger partial charge on any atom is -0.350 e. The van der Waals surface area contributed by atoms with Crippen LogP contribution in [0.3, 0.4) is 0 Å². The Morgan fingerprint density at radius 3 is 2.47 bits per heavy atom.